The predicted octanol–water partition coefficient (Wildman–Crippen LogP) is 2.86. The molecule has 1 aliphatic rings. The number of rotatable bonds is 9. The number of nitrogens with zero attached hydrogens (tertiary/aromatic N) is 1. The molecule has 7 nitrogen and oxygen atoms in total. The van der Waals surface area contributed by atoms with Crippen molar-refractivity contribution in [2.24, 2.45) is 16.3 Å². The van der Waals surface area contributed by atoms with Crippen LogP contribution in [0.25, 0.3) is 0 Å². The normalized spacial score (nSPS) is 16.6. The van der Waals surface area contributed by atoms with Crippen molar-refractivity contribution in [2.45, 2.75) is 40.7 Å². The van der Waals surface area contributed by atoms with Gasteiger partial charge in [-0.3, -0.25) is 9.79 Å². The Kier molecular flexibility index (Phi) is 11.5. The number of halogens is 1. The highest BCUT2D eigenvalue weighted by atomic mass is 127. The molecular weight excluding hydrogens is 495 g/mol. The van der Waals surface area contributed by atoms with E-state index in [0.29, 0.717) is 38.1 Å². The first-order valence-electron chi connectivity index (χ1n) is 10.4. The molecule has 2 rings (SSSR count). The Bertz CT molecular complexity index is 704. The van der Waals surface area contributed by atoms with E-state index in [9.17, 15) is 4.79 Å². The molecule has 1 aromatic rings. The van der Waals surface area contributed by atoms with E-state index in [4.69, 9.17) is 9.47 Å². The third-order valence-electron chi connectivity index (χ3n) is 5.04. The lowest BCUT2D eigenvalue weighted by Crippen LogP contribution is -2.47. The largest absolute Gasteiger partial charge is 0.493 e. The number of carbonyl (C=O) groups is 1. The zero-order valence-electron chi connectivity index (χ0n) is 18.8. The van der Waals surface area contributed by atoms with E-state index in [0.717, 1.165) is 36.5 Å². The number of hydrogen-bond acceptors (Lipinski definition) is 4. The van der Waals surface area contributed by atoms with Crippen LogP contribution in [-0.4, -0.2) is 51.8 Å². The standard InChI is InChI=1S/C22H36N4O3.HI/c1-6-24-20(27)22(3,4)15-26-21(23-5)25-12-18-8-7-16(2)11-19(18)29-14-17-9-10-28-13-17;/h7-8,11,17H,6,9-10,12-15H2,1-5H3,(H,24,27)(H2,23,25,26);1H. The first-order valence-corrected chi connectivity index (χ1v) is 10.4. The smallest absolute Gasteiger partial charge is 0.227 e. The molecule has 1 unspecified atom stereocenters. The van der Waals surface area contributed by atoms with E-state index in [1.54, 1.807) is 7.05 Å². The summed E-state index contributed by atoms with van der Waals surface area (Å²) in [5.74, 6) is 2.02. The second kappa shape index (κ2) is 13.0. The van der Waals surface area contributed by atoms with Gasteiger partial charge >= 0.3 is 0 Å². The average Bonchev–Trinajstić information content (AvgIpc) is 3.21. The summed E-state index contributed by atoms with van der Waals surface area (Å²) < 4.78 is 11.5. The molecule has 1 atom stereocenters. The molecule has 1 aromatic carbocycles. The van der Waals surface area contributed by atoms with Gasteiger partial charge in [-0.2, -0.15) is 0 Å². The van der Waals surface area contributed by atoms with Crippen molar-refractivity contribution in [2.75, 3.05) is 40.0 Å². The van der Waals surface area contributed by atoms with Gasteiger partial charge < -0.3 is 25.4 Å². The fraction of sp³-hybridized carbons (Fsp3) is 0.636. The van der Waals surface area contributed by atoms with Crippen LogP contribution in [0.1, 0.15) is 38.3 Å². The SMILES string of the molecule is CCNC(=O)C(C)(C)CNC(=NC)NCc1ccc(C)cc1OCC1CCOC1.I. The minimum absolute atomic E-state index is 0. The number of hydrogen-bond donors (Lipinski definition) is 3. The number of nitrogens with one attached hydrogen (secondary N) is 3. The van der Waals surface area contributed by atoms with Crippen LogP contribution in [0, 0.1) is 18.3 Å². The Labute approximate surface area is 197 Å². The van der Waals surface area contributed by atoms with Crippen molar-refractivity contribution in [3.8, 4) is 5.75 Å². The molecule has 1 saturated heterocycles. The Morgan fingerprint density at radius 2 is 2.07 bits per heavy atom. The van der Waals surface area contributed by atoms with E-state index in [-0.39, 0.29) is 29.9 Å². The van der Waals surface area contributed by atoms with Gasteiger partial charge in [0.2, 0.25) is 5.91 Å². The predicted molar refractivity (Wildman–Crippen MR) is 132 cm³/mol. The van der Waals surface area contributed by atoms with Crippen molar-refractivity contribution in [3.63, 3.8) is 0 Å². The van der Waals surface area contributed by atoms with Gasteiger partial charge in [0.25, 0.3) is 0 Å². The van der Waals surface area contributed by atoms with Crippen molar-refractivity contribution in [1.29, 1.82) is 0 Å². The van der Waals surface area contributed by atoms with Crippen LogP contribution in [-0.2, 0) is 16.1 Å². The fourth-order valence-corrected chi connectivity index (χ4v) is 3.05. The van der Waals surface area contributed by atoms with Gasteiger partial charge in [-0.05, 0) is 45.7 Å². The van der Waals surface area contributed by atoms with E-state index in [2.05, 4.69) is 46.1 Å². The summed E-state index contributed by atoms with van der Waals surface area (Å²) in [7, 11) is 1.72. The molecular formula is C22H37IN4O3. The molecule has 0 radical (unpaired) electrons. The molecule has 1 heterocycles. The van der Waals surface area contributed by atoms with Gasteiger partial charge in [-0.1, -0.05) is 12.1 Å². The van der Waals surface area contributed by atoms with Crippen molar-refractivity contribution in [1.82, 2.24) is 16.0 Å². The van der Waals surface area contributed by atoms with E-state index >= 15 is 0 Å². The number of aliphatic imine (C=N–C) groups is 1. The van der Waals surface area contributed by atoms with Gasteiger partial charge in [0.05, 0.1) is 18.6 Å². The third kappa shape index (κ3) is 8.29. The van der Waals surface area contributed by atoms with Gasteiger partial charge in [0, 0.05) is 44.8 Å². The molecule has 8 heteroatoms. The third-order valence-corrected chi connectivity index (χ3v) is 5.04. The Morgan fingerprint density at radius 3 is 2.70 bits per heavy atom. The molecule has 3 N–H and O–H groups in total. The summed E-state index contributed by atoms with van der Waals surface area (Å²) in [5.41, 5.74) is 1.70. The molecule has 0 aromatic heterocycles. The first kappa shape index (κ1) is 26.5. The van der Waals surface area contributed by atoms with Crippen LogP contribution in [0.4, 0.5) is 0 Å². The van der Waals surface area contributed by atoms with Crippen LogP contribution in [0.2, 0.25) is 0 Å². The quantitative estimate of drug-likeness (QED) is 0.259. The number of aryl methyl sites for hydroxylation is 1. The van der Waals surface area contributed by atoms with E-state index in [1.165, 1.54) is 0 Å². The van der Waals surface area contributed by atoms with Gasteiger partial charge in [0.1, 0.15) is 5.75 Å². The second-order valence-electron chi connectivity index (χ2n) is 8.17. The fourth-order valence-electron chi connectivity index (χ4n) is 3.05. The number of amides is 1. The Hall–Kier alpha value is -1.55. The van der Waals surface area contributed by atoms with Gasteiger partial charge in [0.15, 0.2) is 5.96 Å². The number of guanidine groups is 1. The van der Waals surface area contributed by atoms with Crippen molar-refractivity contribution >= 4 is 35.8 Å². The minimum Gasteiger partial charge on any atom is -0.493 e. The Balaban J connectivity index is 0.00000450. The van der Waals surface area contributed by atoms with Gasteiger partial charge in [-0.15, -0.1) is 24.0 Å². The summed E-state index contributed by atoms with van der Waals surface area (Å²) in [6.07, 6.45) is 1.05. The molecule has 0 bridgehead atoms. The summed E-state index contributed by atoms with van der Waals surface area (Å²) in [6, 6.07) is 6.23. The van der Waals surface area contributed by atoms with Crippen LogP contribution in [0.5, 0.6) is 5.75 Å². The maximum atomic E-state index is 12.2. The summed E-state index contributed by atoms with van der Waals surface area (Å²) in [5, 5.41) is 9.44. The zero-order chi connectivity index (χ0) is 21.3. The summed E-state index contributed by atoms with van der Waals surface area (Å²) >= 11 is 0. The number of benzene rings is 1. The number of ether oxygens (including phenoxy) is 2. The topological polar surface area (TPSA) is 84.0 Å². The second-order valence-corrected chi connectivity index (χ2v) is 8.17. The molecule has 170 valence electrons. The minimum atomic E-state index is -0.533. The lowest BCUT2D eigenvalue weighted by molar-refractivity contribution is -0.128. The molecule has 1 amide bonds. The Morgan fingerprint density at radius 1 is 1.30 bits per heavy atom. The first-order chi connectivity index (χ1) is 13.9. The van der Waals surface area contributed by atoms with Crippen LogP contribution in [0.3, 0.4) is 0 Å². The maximum Gasteiger partial charge on any atom is 0.227 e. The average molecular weight is 532 g/mol. The molecule has 0 saturated carbocycles. The lowest BCUT2D eigenvalue weighted by atomic mass is 9.92. The van der Waals surface area contributed by atoms with Crippen LogP contribution < -0.4 is 20.7 Å². The molecule has 30 heavy (non-hydrogen) atoms. The molecule has 0 aliphatic carbocycles. The van der Waals surface area contributed by atoms with E-state index < -0.39 is 5.41 Å². The van der Waals surface area contributed by atoms with Crippen LogP contribution >= 0.6 is 24.0 Å². The highest BCUT2D eigenvalue weighted by molar-refractivity contribution is 14.0. The molecule has 1 fully saturated rings. The van der Waals surface area contributed by atoms with E-state index in [1.807, 2.05) is 20.8 Å². The summed E-state index contributed by atoms with van der Waals surface area (Å²) in [6.45, 7) is 11.8. The number of carbonyl (C=O) groups excluding carboxylic acids is 1. The molecule has 0 spiro atoms. The van der Waals surface area contributed by atoms with Crippen molar-refractivity contribution < 1.29 is 14.3 Å². The zero-order valence-corrected chi connectivity index (χ0v) is 21.2. The maximum absolute atomic E-state index is 12.2. The highest BCUT2D eigenvalue weighted by Crippen LogP contribution is 2.22. The van der Waals surface area contributed by atoms with Gasteiger partial charge in [-0.25, -0.2) is 0 Å². The lowest BCUT2D eigenvalue weighted by Gasteiger charge is -2.25. The monoisotopic (exact) mass is 532 g/mol. The van der Waals surface area contributed by atoms with Crippen molar-refractivity contribution in [3.05, 3.63) is 29.3 Å². The highest BCUT2D eigenvalue weighted by Gasteiger charge is 2.27. The molecule has 1 aliphatic heterocycles. The summed E-state index contributed by atoms with van der Waals surface area (Å²) in [4.78, 5) is 16.4. The van der Waals surface area contributed by atoms with Crippen LogP contribution in [0.15, 0.2) is 23.2 Å².